The van der Waals surface area contributed by atoms with Crippen molar-refractivity contribution in [3.63, 3.8) is 0 Å². The zero-order valence-electron chi connectivity index (χ0n) is 15.9. The van der Waals surface area contributed by atoms with Crippen LogP contribution >= 0.6 is 23.4 Å². The Morgan fingerprint density at radius 3 is 2.79 bits per heavy atom. The Hall–Kier alpha value is -2.56. The van der Waals surface area contributed by atoms with Crippen LogP contribution < -0.4 is 5.32 Å². The van der Waals surface area contributed by atoms with Gasteiger partial charge in [0.15, 0.2) is 0 Å². The third-order valence-electron chi connectivity index (χ3n) is 4.77. The minimum Gasteiger partial charge on any atom is -0.478 e. The van der Waals surface area contributed by atoms with Crippen LogP contribution in [0.4, 0.5) is 5.69 Å². The lowest BCUT2D eigenvalue weighted by molar-refractivity contribution is -0.115. The van der Waals surface area contributed by atoms with Crippen LogP contribution in [0.5, 0.6) is 0 Å². The first-order chi connectivity index (χ1) is 13.9. The number of carbonyl (C=O) groups excluding carboxylic acids is 1. The summed E-state index contributed by atoms with van der Waals surface area (Å²) in [4.78, 5) is 28.7. The molecule has 1 amide bonds. The highest BCUT2D eigenvalue weighted by Crippen LogP contribution is 2.32. The van der Waals surface area contributed by atoms with Crippen LogP contribution in [0.3, 0.4) is 0 Å². The number of aromatic carboxylic acids is 1. The van der Waals surface area contributed by atoms with Crippen LogP contribution in [0.2, 0.25) is 5.02 Å². The molecule has 0 aliphatic heterocycles. The maximum absolute atomic E-state index is 12.8. The maximum Gasteiger partial charge on any atom is 0.335 e. The number of thioether (sulfide) groups is 1. The molecule has 29 heavy (non-hydrogen) atoms. The standard InChI is InChI=1S/C21H20ClN3O3S/c1-2-18(19(26)24-17-10-13(21(27)28)7-8-15(17)22)29-20-14(11-23)9-12-5-3-4-6-16(12)25-20/h7-10,18H,2-6H2,1H3,(H,24,26)(H,27,28). The molecular formula is C21H20ClN3O3S. The molecule has 1 aromatic carbocycles. The van der Waals surface area contributed by atoms with Crippen molar-refractivity contribution in [1.29, 1.82) is 5.26 Å². The van der Waals surface area contributed by atoms with Crippen molar-refractivity contribution in [2.75, 3.05) is 5.32 Å². The molecule has 6 nitrogen and oxygen atoms in total. The van der Waals surface area contributed by atoms with E-state index in [2.05, 4.69) is 16.4 Å². The van der Waals surface area contributed by atoms with Crippen molar-refractivity contribution in [3.8, 4) is 6.07 Å². The number of carbonyl (C=O) groups is 2. The summed E-state index contributed by atoms with van der Waals surface area (Å²) < 4.78 is 0. The Morgan fingerprint density at radius 2 is 2.10 bits per heavy atom. The smallest absolute Gasteiger partial charge is 0.335 e. The lowest BCUT2D eigenvalue weighted by Gasteiger charge is -2.19. The number of amides is 1. The van der Waals surface area contributed by atoms with Gasteiger partial charge in [-0.05, 0) is 61.9 Å². The van der Waals surface area contributed by atoms with Crippen molar-refractivity contribution in [3.05, 3.63) is 51.7 Å². The first-order valence-electron chi connectivity index (χ1n) is 9.36. The lowest BCUT2D eigenvalue weighted by atomic mass is 9.95. The van der Waals surface area contributed by atoms with Crippen LogP contribution in [0.1, 0.15) is 53.4 Å². The molecule has 1 unspecified atom stereocenters. The summed E-state index contributed by atoms with van der Waals surface area (Å²) >= 11 is 7.36. The number of nitriles is 1. The van der Waals surface area contributed by atoms with Gasteiger partial charge in [0.25, 0.3) is 0 Å². The zero-order valence-corrected chi connectivity index (χ0v) is 17.4. The molecular weight excluding hydrogens is 410 g/mol. The SMILES string of the molecule is CCC(Sc1nc2c(cc1C#N)CCCC2)C(=O)Nc1cc(C(=O)O)ccc1Cl. The van der Waals surface area contributed by atoms with Crippen LogP contribution in [-0.2, 0) is 17.6 Å². The third-order valence-corrected chi connectivity index (χ3v) is 6.47. The first kappa shape index (κ1) is 21.2. The van der Waals surface area contributed by atoms with Gasteiger partial charge in [0.1, 0.15) is 11.1 Å². The van der Waals surface area contributed by atoms with E-state index in [0.29, 0.717) is 17.0 Å². The van der Waals surface area contributed by atoms with Gasteiger partial charge >= 0.3 is 5.97 Å². The quantitative estimate of drug-likeness (QED) is 0.645. The molecule has 1 heterocycles. The molecule has 1 aromatic heterocycles. The summed E-state index contributed by atoms with van der Waals surface area (Å²) in [5.41, 5.74) is 2.88. The van der Waals surface area contributed by atoms with Gasteiger partial charge in [-0.25, -0.2) is 9.78 Å². The lowest BCUT2D eigenvalue weighted by Crippen LogP contribution is -2.25. The second kappa shape index (κ2) is 9.29. The molecule has 2 aromatic rings. The van der Waals surface area contributed by atoms with E-state index in [0.717, 1.165) is 36.9 Å². The fraction of sp³-hybridized carbons (Fsp3) is 0.333. The molecule has 0 fully saturated rings. The van der Waals surface area contributed by atoms with Gasteiger partial charge in [0.2, 0.25) is 5.91 Å². The van der Waals surface area contributed by atoms with E-state index < -0.39 is 11.2 Å². The van der Waals surface area contributed by atoms with Gasteiger partial charge in [-0.1, -0.05) is 30.3 Å². The van der Waals surface area contributed by atoms with E-state index in [-0.39, 0.29) is 22.2 Å². The number of carboxylic acids is 1. The van der Waals surface area contributed by atoms with E-state index in [1.54, 1.807) is 0 Å². The van der Waals surface area contributed by atoms with Crippen molar-refractivity contribution >= 4 is 40.9 Å². The molecule has 2 N–H and O–H groups in total. The van der Waals surface area contributed by atoms with Crippen molar-refractivity contribution < 1.29 is 14.7 Å². The number of hydrogen-bond acceptors (Lipinski definition) is 5. The second-order valence-electron chi connectivity index (χ2n) is 6.77. The number of benzene rings is 1. The van der Waals surface area contributed by atoms with Crippen LogP contribution in [-0.4, -0.2) is 27.2 Å². The Morgan fingerprint density at radius 1 is 1.34 bits per heavy atom. The Bertz CT molecular complexity index is 1000. The molecule has 0 spiro atoms. The van der Waals surface area contributed by atoms with Gasteiger partial charge < -0.3 is 10.4 Å². The third kappa shape index (κ3) is 4.89. The summed E-state index contributed by atoms with van der Waals surface area (Å²) in [7, 11) is 0. The average molecular weight is 430 g/mol. The molecule has 0 radical (unpaired) electrons. The predicted octanol–water partition coefficient (Wildman–Crippen LogP) is 4.69. The first-order valence-corrected chi connectivity index (χ1v) is 10.6. The number of nitrogens with one attached hydrogen (secondary N) is 1. The number of anilines is 1. The number of halogens is 1. The van der Waals surface area contributed by atoms with E-state index in [9.17, 15) is 14.9 Å². The number of rotatable bonds is 6. The van der Waals surface area contributed by atoms with Gasteiger partial charge in [0, 0.05) is 5.69 Å². The van der Waals surface area contributed by atoms with Crippen LogP contribution in [0.25, 0.3) is 0 Å². The molecule has 150 valence electrons. The summed E-state index contributed by atoms with van der Waals surface area (Å²) in [5, 5.41) is 21.7. The molecule has 8 heteroatoms. The van der Waals surface area contributed by atoms with Gasteiger partial charge in [-0.15, -0.1) is 0 Å². The van der Waals surface area contributed by atoms with E-state index in [1.807, 2.05) is 13.0 Å². The number of hydrogen-bond donors (Lipinski definition) is 2. The van der Waals surface area contributed by atoms with Crippen LogP contribution in [0.15, 0.2) is 29.3 Å². The molecule has 0 saturated carbocycles. The van der Waals surface area contributed by atoms with Crippen molar-refractivity contribution in [2.45, 2.75) is 49.3 Å². The zero-order chi connectivity index (χ0) is 21.0. The Kier molecular flexibility index (Phi) is 6.78. The number of fused-ring (bicyclic) bond motifs is 1. The van der Waals surface area contributed by atoms with Crippen molar-refractivity contribution in [2.24, 2.45) is 0 Å². The molecule has 1 atom stereocenters. The van der Waals surface area contributed by atoms with Gasteiger partial charge in [-0.2, -0.15) is 5.26 Å². The second-order valence-corrected chi connectivity index (χ2v) is 8.37. The number of aryl methyl sites for hydroxylation is 2. The highest BCUT2D eigenvalue weighted by molar-refractivity contribution is 8.00. The monoisotopic (exact) mass is 429 g/mol. The Balaban J connectivity index is 1.82. The van der Waals surface area contributed by atoms with E-state index in [1.165, 1.54) is 30.0 Å². The number of nitrogens with zero attached hydrogens (tertiary/aromatic N) is 2. The topological polar surface area (TPSA) is 103 Å². The van der Waals surface area contributed by atoms with Crippen LogP contribution in [0, 0.1) is 11.3 Å². The summed E-state index contributed by atoms with van der Waals surface area (Å²) in [6.07, 6.45) is 4.50. The highest BCUT2D eigenvalue weighted by Gasteiger charge is 2.23. The number of aromatic nitrogens is 1. The fourth-order valence-corrected chi connectivity index (χ4v) is 4.37. The highest BCUT2D eigenvalue weighted by atomic mass is 35.5. The summed E-state index contributed by atoms with van der Waals surface area (Å²) in [6.45, 7) is 1.87. The Labute approximate surface area is 178 Å². The minimum atomic E-state index is -1.10. The fourth-order valence-electron chi connectivity index (χ4n) is 3.21. The number of pyridine rings is 1. The summed E-state index contributed by atoms with van der Waals surface area (Å²) in [5.74, 6) is -1.42. The predicted molar refractivity (Wildman–Crippen MR) is 113 cm³/mol. The molecule has 3 rings (SSSR count). The molecule has 0 saturated heterocycles. The molecule has 1 aliphatic carbocycles. The largest absolute Gasteiger partial charge is 0.478 e. The maximum atomic E-state index is 12.8. The van der Waals surface area contributed by atoms with Crippen molar-refractivity contribution in [1.82, 2.24) is 4.98 Å². The normalized spacial score (nSPS) is 13.8. The minimum absolute atomic E-state index is 0.0357. The van der Waals surface area contributed by atoms with Gasteiger partial charge in [0.05, 0.1) is 27.1 Å². The molecule has 1 aliphatic rings. The molecule has 0 bridgehead atoms. The summed E-state index contributed by atoms with van der Waals surface area (Å²) in [6, 6.07) is 8.23. The van der Waals surface area contributed by atoms with Gasteiger partial charge in [-0.3, -0.25) is 4.79 Å². The van der Waals surface area contributed by atoms with E-state index >= 15 is 0 Å². The van der Waals surface area contributed by atoms with E-state index in [4.69, 9.17) is 16.7 Å². The average Bonchev–Trinajstić information content (AvgIpc) is 2.72. The number of carboxylic acid groups (broad SMARTS) is 1.